The van der Waals surface area contributed by atoms with E-state index in [0.29, 0.717) is 0 Å². The van der Waals surface area contributed by atoms with Crippen LogP contribution in [0.1, 0.15) is 0 Å². The maximum atomic E-state index is 11.6. The molecular formula is C6H11F2O4P. The van der Waals surface area contributed by atoms with Crippen molar-refractivity contribution in [1.82, 2.24) is 0 Å². The summed E-state index contributed by atoms with van der Waals surface area (Å²) in [6.07, 6.45) is 0.831. The fourth-order valence-electron chi connectivity index (χ4n) is 0.482. The lowest BCUT2D eigenvalue weighted by Crippen LogP contribution is -2.02. The van der Waals surface area contributed by atoms with Gasteiger partial charge in [-0.25, -0.2) is 13.3 Å². The molecular weight excluding hydrogens is 205 g/mol. The molecule has 0 fully saturated rings. The molecule has 0 aliphatic heterocycles. The van der Waals surface area contributed by atoms with Crippen LogP contribution in [0, 0.1) is 0 Å². The molecule has 0 spiro atoms. The van der Waals surface area contributed by atoms with Gasteiger partial charge in [-0.2, -0.15) is 0 Å². The number of phosphoric ester groups is 1. The monoisotopic (exact) mass is 216 g/mol. The Morgan fingerprint density at radius 3 is 2.00 bits per heavy atom. The highest BCUT2D eigenvalue weighted by Crippen LogP contribution is 2.49. The van der Waals surface area contributed by atoms with E-state index in [2.05, 4.69) is 20.2 Å². The number of hydrogen-bond donors (Lipinski definition) is 0. The third-order valence-electron chi connectivity index (χ3n) is 0.857. The van der Waals surface area contributed by atoms with Crippen molar-refractivity contribution in [2.45, 2.75) is 0 Å². The third kappa shape index (κ3) is 5.74. The quantitative estimate of drug-likeness (QED) is 0.461. The van der Waals surface area contributed by atoms with Crippen LogP contribution in [0.5, 0.6) is 0 Å². The Morgan fingerprint density at radius 1 is 1.23 bits per heavy atom. The van der Waals surface area contributed by atoms with Crippen LogP contribution in [-0.2, 0) is 18.1 Å². The molecule has 0 saturated carbocycles. The first-order valence-electron chi connectivity index (χ1n) is 3.49. The predicted molar refractivity (Wildman–Crippen MR) is 42.7 cm³/mol. The zero-order chi connectivity index (χ0) is 10.2. The molecule has 0 N–H and O–H groups in total. The summed E-state index contributed by atoms with van der Waals surface area (Å²) in [6, 6.07) is 0. The summed E-state index contributed by atoms with van der Waals surface area (Å²) in [5, 5.41) is 0. The largest absolute Gasteiger partial charge is 0.529 e. The van der Waals surface area contributed by atoms with Crippen LogP contribution in [0.2, 0.25) is 0 Å². The Balaban J connectivity index is 3.99. The molecule has 0 heterocycles. The lowest BCUT2D eigenvalue weighted by Gasteiger charge is -2.14. The second-order valence-corrected chi connectivity index (χ2v) is 3.39. The van der Waals surface area contributed by atoms with Gasteiger partial charge in [-0.15, -0.1) is 0 Å². The van der Waals surface area contributed by atoms with Crippen molar-refractivity contribution < 1.29 is 26.9 Å². The smallest absolute Gasteiger partial charge is 0.413 e. The molecule has 0 rings (SSSR count). The molecule has 78 valence electrons. The van der Waals surface area contributed by atoms with Gasteiger partial charge in [-0.1, -0.05) is 6.58 Å². The Morgan fingerprint density at radius 2 is 1.69 bits per heavy atom. The second-order valence-electron chi connectivity index (χ2n) is 1.76. The average Bonchev–Trinajstić information content (AvgIpc) is 2.12. The Labute approximate surface area is 75.1 Å². The van der Waals surface area contributed by atoms with Gasteiger partial charge in [0.2, 0.25) is 0 Å². The fourth-order valence-corrected chi connectivity index (χ4v) is 1.45. The van der Waals surface area contributed by atoms with Gasteiger partial charge in [0, 0.05) is 0 Å². The topological polar surface area (TPSA) is 44.8 Å². The molecule has 13 heavy (non-hydrogen) atoms. The average molecular weight is 216 g/mol. The molecule has 0 amide bonds. The van der Waals surface area contributed by atoms with Crippen LogP contribution in [-0.4, -0.2) is 26.6 Å². The molecule has 0 bridgehead atoms. The summed E-state index contributed by atoms with van der Waals surface area (Å²) in [6.45, 7) is 0.594. The summed E-state index contributed by atoms with van der Waals surface area (Å²) in [5.41, 5.74) is 0. The standard InChI is InChI=1S/C6H11F2O4P/c1-2-10-13(9,11-5-3-7)12-6-4-8/h2H,1,3-6H2. The molecule has 0 aliphatic rings. The molecule has 7 heteroatoms. The summed E-state index contributed by atoms with van der Waals surface area (Å²) in [7, 11) is -3.85. The zero-order valence-corrected chi connectivity index (χ0v) is 7.84. The van der Waals surface area contributed by atoms with Crippen LogP contribution < -0.4 is 0 Å². The SMILES string of the molecule is C=COP(=O)(OCCF)OCCF. The number of alkyl halides is 2. The fraction of sp³-hybridized carbons (Fsp3) is 0.667. The molecule has 0 aliphatic carbocycles. The number of halogens is 2. The van der Waals surface area contributed by atoms with E-state index in [4.69, 9.17) is 0 Å². The molecule has 0 saturated heterocycles. The van der Waals surface area contributed by atoms with Crippen LogP contribution in [0.4, 0.5) is 8.78 Å². The van der Waals surface area contributed by atoms with E-state index in [1.165, 1.54) is 0 Å². The molecule has 0 aromatic rings. The molecule has 0 atom stereocenters. The summed E-state index contributed by atoms with van der Waals surface area (Å²) >= 11 is 0. The second kappa shape index (κ2) is 7.00. The van der Waals surface area contributed by atoms with E-state index < -0.39 is 34.4 Å². The van der Waals surface area contributed by atoms with Gasteiger partial charge in [0.15, 0.2) is 0 Å². The number of rotatable bonds is 8. The van der Waals surface area contributed by atoms with E-state index in [0.717, 1.165) is 6.26 Å². The number of hydrogen-bond acceptors (Lipinski definition) is 4. The Kier molecular flexibility index (Phi) is 6.76. The first-order chi connectivity index (χ1) is 6.18. The summed E-state index contributed by atoms with van der Waals surface area (Å²) in [5.74, 6) is 0. The van der Waals surface area contributed by atoms with E-state index in [1.54, 1.807) is 0 Å². The van der Waals surface area contributed by atoms with Gasteiger partial charge in [0.1, 0.15) is 13.3 Å². The van der Waals surface area contributed by atoms with Gasteiger partial charge in [-0.3, -0.25) is 9.05 Å². The normalized spacial score (nSPS) is 11.2. The van der Waals surface area contributed by atoms with Gasteiger partial charge in [0.25, 0.3) is 0 Å². The van der Waals surface area contributed by atoms with Crippen molar-refractivity contribution in [1.29, 1.82) is 0 Å². The van der Waals surface area contributed by atoms with Gasteiger partial charge in [0.05, 0.1) is 19.5 Å². The third-order valence-corrected chi connectivity index (χ3v) is 2.26. The highest BCUT2D eigenvalue weighted by atomic mass is 31.2. The van der Waals surface area contributed by atoms with Crippen molar-refractivity contribution in [3.05, 3.63) is 12.8 Å². The van der Waals surface area contributed by atoms with Crippen molar-refractivity contribution in [2.75, 3.05) is 26.6 Å². The van der Waals surface area contributed by atoms with Crippen LogP contribution in [0.15, 0.2) is 12.8 Å². The molecule has 0 radical (unpaired) electrons. The van der Waals surface area contributed by atoms with E-state index in [1.807, 2.05) is 0 Å². The van der Waals surface area contributed by atoms with E-state index >= 15 is 0 Å². The maximum absolute atomic E-state index is 11.6. The predicted octanol–water partition coefficient (Wildman–Crippen LogP) is 2.23. The van der Waals surface area contributed by atoms with Crippen molar-refractivity contribution in [3.8, 4) is 0 Å². The maximum Gasteiger partial charge on any atom is 0.529 e. The van der Waals surface area contributed by atoms with Crippen LogP contribution in [0.25, 0.3) is 0 Å². The summed E-state index contributed by atoms with van der Waals surface area (Å²) < 4.78 is 47.7. The van der Waals surface area contributed by atoms with E-state index in [9.17, 15) is 13.3 Å². The zero-order valence-electron chi connectivity index (χ0n) is 6.95. The van der Waals surface area contributed by atoms with Gasteiger partial charge in [-0.05, 0) is 0 Å². The van der Waals surface area contributed by atoms with E-state index in [-0.39, 0.29) is 0 Å². The van der Waals surface area contributed by atoms with Crippen molar-refractivity contribution in [3.63, 3.8) is 0 Å². The van der Waals surface area contributed by atoms with Crippen molar-refractivity contribution >= 4 is 7.82 Å². The van der Waals surface area contributed by atoms with Gasteiger partial charge < -0.3 is 4.52 Å². The lowest BCUT2D eigenvalue weighted by atomic mass is 10.9. The first kappa shape index (κ1) is 12.6. The van der Waals surface area contributed by atoms with Crippen LogP contribution >= 0.6 is 7.82 Å². The highest BCUT2D eigenvalue weighted by molar-refractivity contribution is 7.48. The number of phosphoric acid groups is 1. The minimum atomic E-state index is -3.85. The molecule has 0 unspecified atom stereocenters. The molecule has 0 aromatic heterocycles. The highest BCUT2D eigenvalue weighted by Gasteiger charge is 2.26. The summed E-state index contributed by atoms with van der Waals surface area (Å²) in [4.78, 5) is 0. The minimum absolute atomic E-state index is 0.433. The first-order valence-corrected chi connectivity index (χ1v) is 4.95. The van der Waals surface area contributed by atoms with Crippen molar-refractivity contribution in [2.24, 2.45) is 0 Å². The minimum Gasteiger partial charge on any atom is -0.413 e. The molecule has 4 nitrogen and oxygen atoms in total. The van der Waals surface area contributed by atoms with Gasteiger partial charge >= 0.3 is 7.82 Å². The Hall–Kier alpha value is -0.450. The lowest BCUT2D eigenvalue weighted by molar-refractivity contribution is 0.128. The molecule has 0 aromatic carbocycles. The van der Waals surface area contributed by atoms with Crippen LogP contribution in [0.3, 0.4) is 0 Å². The Bertz CT molecular complexity index is 175.